The summed E-state index contributed by atoms with van der Waals surface area (Å²) in [6, 6.07) is 11.0. The van der Waals surface area contributed by atoms with Gasteiger partial charge in [-0.25, -0.2) is 4.98 Å². The Hall–Kier alpha value is -3.37. The number of carbonyl (C=O) groups excluding carboxylic acids is 1. The van der Waals surface area contributed by atoms with Gasteiger partial charge in [-0.15, -0.1) is 0 Å². The van der Waals surface area contributed by atoms with Crippen molar-refractivity contribution in [3.63, 3.8) is 0 Å². The predicted octanol–water partition coefficient (Wildman–Crippen LogP) is 4.82. The second kappa shape index (κ2) is 10.7. The number of hydrogen-bond acceptors (Lipinski definition) is 8. The fraction of sp³-hybridized carbons (Fsp3) is 0.308. The van der Waals surface area contributed by atoms with Crippen LogP contribution < -0.4 is 20.3 Å². The van der Waals surface area contributed by atoms with Gasteiger partial charge in [0.15, 0.2) is 11.5 Å². The van der Waals surface area contributed by atoms with Crippen LogP contribution in [0.2, 0.25) is 0 Å². The Bertz CT molecular complexity index is 1420. The Kier molecular flexibility index (Phi) is 7.24. The van der Waals surface area contributed by atoms with E-state index in [2.05, 4.69) is 17.2 Å². The fourth-order valence-corrected chi connectivity index (χ4v) is 5.35. The van der Waals surface area contributed by atoms with Crippen LogP contribution in [0.3, 0.4) is 0 Å². The molecule has 1 aromatic carbocycles. The number of unbranched alkanes of at least 4 members (excludes halogenated alkanes) is 3. The third-order valence-electron chi connectivity index (χ3n) is 6.02. The van der Waals surface area contributed by atoms with Crippen LogP contribution in [-0.2, 0) is 11.3 Å². The number of hydrogen-bond donors (Lipinski definition) is 1. The molecule has 0 saturated carbocycles. The van der Waals surface area contributed by atoms with Crippen LogP contribution in [0.4, 0.5) is 5.82 Å². The van der Waals surface area contributed by atoms with Gasteiger partial charge in [0.1, 0.15) is 15.8 Å². The van der Waals surface area contributed by atoms with E-state index in [1.165, 1.54) is 21.1 Å². The largest absolute Gasteiger partial charge is 0.454 e. The lowest BCUT2D eigenvalue weighted by atomic mass is 10.2. The second-order valence-corrected chi connectivity index (χ2v) is 10.2. The van der Waals surface area contributed by atoms with Crippen LogP contribution >= 0.6 is 24.0 Å². The lowest BCUT2D eigenvalue weighted by molar-refractivity contribution is -0.122. The summed E-state index contributed by atoms with van der Waals surface area (Å²) >= 11 is 6.71. The first-order chi connectivity index (χ1) is 17.5. The van der Waals surface area contributed by atoms with Crippen molar-refractivity contribution in [3.8, 4) is 11.5 Å². The van der Waals surface area contributed by atoms with Gasteiger partial charge < -0.3 is 14.8 Å². The van der Waals surface area contributed by atoms with E-state index in [0.29, 0.717) is 50.8 Å². The summed E-state index contributed by atoms with van der Waals surface area (Å²) in [5.74, 6) is 1.57. The van der Waals surface area contributed by atoms with Crippen molar-refractivity contribution in [3.05, 3.63) is 69.0 Å². The maximum absolute atomic E-state index is 13.4. The minimum absolute atomic E-state index is 0.187. The standard InChI is InChI=1S/C26H26N4O4S2/c1-2-3-4-6-11-27-23-18(24(31)29-12-7-5-8-22(29)28-23)14-21-25(32)30(26(35)36-21)15-17-9-10-19-20(13-17)34-16-33-19/h5,7-10,12-14,27H,2-4,6,11,15-16H2,1H3/b21-14+. The molecule has 0 aliphatic carbocycles. The lowest BCUT2D eigenvalue weighted by Crippen LogP contribution is -2.27. The molecule has 5 rings (SSSR count). The average molecular weight is 523 g/mol. The highest BCUT2D eigenvalue weighted by atomic mass is 32.2. The molecule has 2 aliphatic heterocycles. The van der Waals surface area contributed by atoms with Crippen molar-refractivity contribution in [1.29, 1.82) is 0 Å². The van der Waals surface area contributed by atoms with Gasteiger partial charge in [-0.1, -0.05) is 62.3 Å². The first-order valence-electron chi connectivity index (χ1n) is 11.9. The molecule has 1 saturated heterocycles. The summed E-state index contributed by atoms with van der Waals surface area (Å²) in [7, 11) is 0. The molecule has 1 N–H and O–H groups in total. The third kappa shape index (κ3) is 4.96. The highest BCUT2D eigenvalue weighted by Gasteiger charge is 2.33. The molecule has 2 aromatic heterocycles. The summed E-state index contributed by atoms with van der Waals surface area (Å²) in [6.45, 7) is 3.35. The van der Waals surface area contributed by atoms with E-state index in [0.717, 1.165) is 31.2 Å². The number of carbonyl (C=O) groups is 1. The number of nitrogens with zero attached hydrogens (tertiary/aromatic N) is 3. The number of amides is 1. The van der Waals surface area contributed by atoms with Gasteiger partial charge in [0.05, 0.1) is 17.0 Å². The number of ether oxygens (including phenoxy) is 2. The van der Waals surface area contributed by atoms with Crippen molar-refractivity contribution >= 4 is 51.7 Å². The number of thiocarbonyl (C=S) groups is 1. The van der Waals surface area contributed by atoms with E-state index in [1.807, 2.05) is 24.3 Å². The molecule has 0 atom stereocenters. The third-order valence-corrected chi connectivity index (χ3v) is 7.40. The molecular weight excluding hydrogens is 496 g/mol. The Morgan fingerprint density at radius 3 is 2.86 bits per heavy atom. The van der Waals surface area contributed by atoms with E-state index < -0.39 is 0 Å². The topological polar surface area (TPSA) is 85.2 Å². The maximum Gasteiger partial charge on any atom is 0.267 e. The number of pyridine rings is 1. The molecule has 2 aliphatic rings. The fourth-order valence-electron chi connectivity index (χ4n) is 4.12. The minimum atomic E-state index is -0.242. The number of benzene rings is 1. The normalized spacial score (nSPS) is 15.9. The summed E-state index contributed by atoms with van der Waals surface area (Å²) in [4.78, 5) is 33.3. The maximum atomic E-state index is 13.4. The van der Waals surface area contributed by atoms with Gasteiger partial charge in [-0.05, 0) is 42.3 Å². The van der Waals surface area contributed by atoms with Crippen LogP contribution in [0, 0.1) is 0 Å². The number of aromatic nitrogens is 2. The van der Waals surface area contributed by atoms with Crippen molar-refractivity contribution in [2.75, 3.05) is 18.7 Å². The highest BCUT2D eigenvalue weighted by Crippen LogP contribution is 2.36. The van der Waals surface area contributed by atoms with Gasteiger partial charge in [-0.3, -0.25) is 18.9 Å². The van der Waals surface area contributed by atoms with Gasteiger partial charge in [0.2, 0.25) is 6.79 Å². The SMILES string of the molecule is CCCCCCNc1nc2ccccn2c(=O)c1/C=C1/SC(=S)N(Cc2ccc3c(c2)OCO3)C1=O. The number of nitrogens with one attached hydrogen (secondary N) is 1. The first-order valence-corrected chi connectivity index (χ1v) is 13.2. The molecule has 0 unspecified atom stereocenters. The summed E-state index contributed by atoms with van der Waals surface area (Å²) in [6.07, 6.45) is 7.67. The average Bonchev–Trinajstić information content (AvgIpc) is 3.45. The number of fused-ring (bicyclic) bond motifs is 2. The quantitative estimate of drug-likeness (QED) is 0.243. The summed E-state index contributed by atoms with van der Waals surface area (Å²) in [5, 5.41) is 3.32. The van der Waals surface area contributed by atoms with Crippen molar-refractivity contribution in [1.82, 2.24) is 14.3 Å². The number of anilines is 1. The van der Waals surface area contributed by atoms with Gasteiger partial charge in [0, 0.05) is 12.7 Å². The zero-order valence-electron chi connectivity index (χ0n) is 19.9. The molecule has 10 heteroatoms. The van der Waals surface area contributed by atoms with E-state index in [1.54, 1.807) is 24.4 Å². The molecule has 0 radical (unpaired) electrons. The van der Waals surface area contributed by atoms with Crippen LogP contribution in [0.15, 0.2) is 52.3 Å². The first kappa shape index (κ1) is 24.3. The van der Waals surface area contributed by atoms with E-state index in [9.17, 15) is 9.59 Å². The monoisotopic (exact) mass is 522 g/mol. The molecule has 1 amide bonds. The Morgan fingerprint density at radius 2 is 2.00 bits per heavy atom. The number of thioether (sulfide) groups is 1. The van der Waals surface area contributed by atoms with Crippen molar-refractivity contribution in [2.24, 2.45) is 0 Å². The lowest BCUT2D eigenvalue weighted by Gasteiger charge is -2.15. The molecule has 4 heterocycles. The summed E-state index contributed by atoms with van der Waals surface area (Å²) in [5.41, 5.74) is 1.53. The van der Waals surface area contributed by atoms with Crippen LogP contribution in [0.25, 0.3) is 11.7 Å². The Morgan fingerprint density at radius 1 is 1.14 bits per heavy atom. The predicted molar refractivity (Wildman–Crippen MR) is 145 cm³/mol. The second-order valence-electron chi connectivity index (χ2n) is 8.55. The summed E-state index contributed by atoms with van der Waals surface area (Å²) < 4.78 is 12.7. The van der Waals surface area contributed by atoms with E-state index in [-0.39, 0.29) is 18.3 Å². The molecule has 1 fully saturated rings. The molecule has 3 aromatic rings. The van der Waals surface area contributed by atoms with Crippen molar-refractivity contribution < 1.29 is 14.3 Å². The molecule has 36 heavy (non-hydrogen) atoms. The van der Waals surface area contributed by atoms with Crippen molar-refractivity contribution in [2.45, 2.75) is 39.2 Å². The van der Waals surface area contributed by atoms with Gasteiger partial charge >= 0.3 is 0 Å². The van der Waals surface area contributed by atoms with Crippen LogP contribution in [-0.4, -0.2) is 37.8 Å². The zero-order valence-corrected chi connectivity index (χ0v) is 21.5. The minimum Gasteiger partial charge on any atom is -0.454 e. The van der Waals surface area contributed by atoms with Gasteiger partial charge in [-0.2, -0.15) is 0 Å². The molecule has 186 valence electrons. The van der Waals surface area contributed by atoms with Crippen LogP contribution in [0.5, 0.6) is 11.5 Å². The van der Waals surface area contributed by atoms with Crippen LogP contribution in [0.1, 0.15) is 43.7 Å². The van der Waals surface area contributed by atoms with E-state index >= 15 is 0 Å². The molecule has 0 bridgehead atoms. The smallest absolute Gasteiger partial charge is 0.267 e. The zero-order chi connectivity index (χ0) is 25.1. The molecule has 8 nitrogen and oxygen atoms in total. The highest BCUT2D eigenvalue weighted by molar-refractivity contribution is 8.26. The Labute approximate surface area is 218 Å². The van der Waals surface area contributed by atoms with E-state index in [4.69, 9.17) is 21.7 Å². The Balaban J connectivity index is 1.42. The number of rotatable bonds is 9. The van der Waals surface area contributed by atoms with Gasteiger partial charge in [0.25, 0.3) is 11.5 Å². The molecular formula is C26H26N4O4S2. The molecule has 0 spiro atoms.